The molecule has 9 rings (SSSR count). The van der Waals surface area contributed by atoms with Crippen molar-refractivity contribution >= 4 is 0 Å². The van der Waals surface area contributed by atoms with E-state index in [0.717, 1.165) is 63.3 Å². The average molecular weight is 1020 g/mol. The number of aromatic nitrogens is 4. The summed E-state index contributed by atoms with van der Waals surface area (Å²) < 4.78 is 84.6. The molecule has 0 amide bonds. The molecule has 0 fully saturated rings. The molecule has 76 heavy (non-hydrogen) atoms. The second-order valence-electron chi connectivity index (χ2n) is 20.4. The van der Waals surface area contributed by atoms with Gasteiger partial charge in [-0.25, -0.2) is 18.3 Å². The van der Waals surface area contributed by atoms with E-state index in [9.17, 15) is 0 Å². The summed E-state index contributed by atoms with van der Waals surface area (Å²) in [5.41, 5.74) is 21.8. The second-order valence-corrected chi connectivity index (χ2v) is 20.4. The largest absolute Gasteiger partial charge is 0.212 e. The maximum atomic E-state index is 7.88. The SMILES string of the molecule is Cc1cc(-c2ccccc2C)[n+](C)cc1-c1ccccc1.[2H]C([2H])(C)c1c[n+](C)c(-c2ccccc2C)cc1C.[2H]C([2H])([2H])c1ccc(-c2ccc(C(C)(CC)CC)c[n+]2C)c(C)c1.[2H]C([2H])([2H])c1ccc(-c2ccc(C([2H])([2H])C)c[n+]2C)c(C)c1. The van der Waals surface area contributed by atoms with Gasteiger partial charge < -0.3 is 0 Å². The molecule has 5 aromatic carbocycles. The molecule has 9 aromatic rings. The molecule has 0 N–H and O–H groups in total. The van der Waals surface area contributed by atoms with Crippen molar-refractivity contribution in [2.75, 3.05) is 0 Å². The van der Waals surface area contributed by atoms with Crippen molar-refractivity contribution in [3.63, 3.8) is 0 Å². The monoisotopic (exact) mass is 1020 g/mol. The Morgan fingerprint density at radius 2 is 0.842 bits per heavy atom. The van der Waals surface area contributed by atoms with Crippen molar-refractivity contribution in [1.29, 1.82) is 0 Å². The minimum absolute atomic E-state index is 0.191. The summed E-state index contributed by atoms with van der Waals surface area (Å²) >= 11 is 0. The van der Waals surface area contributed by atoms with Crippen LogP contribution in [0.3, 0.4) is 0 Å². The lowest BCUT2D eigenvalue weighted by Gasteiger charge is -2.26. The third-order valence-corrected chi connectivity index (χ3v) is 15.0. The number of hydrogen-bond donors (Lipinski definition) is 0. The van der Waals surface area contributed by atoms with E-state index in [1.165, 1.54) is 57.1 Å². The van der Waals surface area contributed by atoms with E-state index in [1.807, 2.05) is 80.5 Å². The van der Waals surface area contributed by atoms with E-state index in [1.54, 1.807) is 43.5 Å². The number of pyridine rings is 4. The van der Waals surface area contributed by atoms with Crippen LogP contribution in [0.4, 0.5) is 0 Å². The van der Waals surface area contributed by atoms with E-state index in [0.29, 0.717) is 16.7 Å². The Bertz CT molecular complexity index is 3750. The Morgan fingerprint density at radius 3 is 1.30 bits per heavy atom. The average Bonchev–Trinajstić information content (AvgIpc) is 1.36. The van der Waals surface area contributed by atoms with Crippen LogP contribution in [0.25, 0.3) is 56.2 Å². The highest BCUT2D eigenvalue weighted by atomic mass is 14.9. The lowest BCUT2D eigenvalue weighted by Crippen LogP contribution is -2.34. The van der Waals surface area contributed by atoms with E-state index in [2.05, 4.69) is 168 Å². The van der Waals surface area contributed by atoms with Crippen LogP contribution in [0.2, 0.25) is 0 Å². The third kappa shape index (κ3) is 14.1. The summed E-state index contributed by atoms with van der Waals surface area (Å²) in [6, 6.07) is 50.2. The summed E-state index contributed by atoms with van der Waals surface area (Å²) in [6.45, 7) is 18.0. The highest BCUT2D eigenvalue weighted by molar-refractivity contribution is 5.70. The van der Waals surface area contributed by atoms with Gasteiger partial charge in [0.25, 0.3) is 0 Å². The number of hydrogen-bond acceptors (Lipinski definition) is 0. The molecule has 0 saturated carbocycles. The first kappa shape index (κ1) is 44.9. The quantitative estimate of drug-likeness (QED) is 0.121. The van der Waals surface area contributed by atoms with Crippen molar-refractivity contribution in [3.8, 4) is 56.2 Å². The molecule has 0 atom stereocenters. The fourth-order valence-corrected chi connectivity index (χ4v) is 9.78. The first-order valence-electron chi connectivity index (χ1n) is 31.5. The van der Waals surface area contributed by atoms with Gasteiger partial charge in [0, 0.05) is 82.5 Å². The van der Waals surface area contributed by atoms with Crippen LogP contribution in [-0.2, 0) is 46.4 Å². The van der Waals surface area contributed by atoms with Crippen LogP contribution in [0.15, 0.2) is 176 Å². The van der Waals surface area contributed by atoms with Crippen LogP contribution >= 0.6 is 0 Å². The van der Waals surface area contributed by atoms with Crippen LogP contribution in [0.5, 0.6) is 0 Å². The molecule has 0 unspecified atom stereocenters. The molecule has 0 saturated heterocycles. The number of benzene rings is 5. The van der Waals surface area contributed by atoms with Gasteiger partial charge >= 0.3 is 0 Å². The van der Waals surface area contributed by atoms with Gasteiger partial charge in [-0.15, -0.1) is 0 Å². The van der Waals surface area contributed by atoms with Crippen molar-refractivity contribution in [1.82, 2.24) is 0 Å². The zero-order valence-electron chi connectivity index (χ0n) is 57.9. The first-order valence-corrected chi connectivity index (χ1v) is 26.5. The Kier molecular flexibility index (Phi) is 15.6. The van der Waals surface area contributed by atoms with Gasteiger partial charge in [-0.3, -0.25) is 0 Å². The van der Waals surface area contributed by atoms with Crippen molar-refractivity contribution < 1.29 is 32.0 Å². The molecule has 392 valence electrons. The summed E-state index contributed by atoms with van der Waals surface area (Å²) in [5.74, 6) is 0. The topological polar surface area (TPSA) is 15.5 Å². The lowest BCUT2D eigenvalue weighted by molar-refractivity contribution is -0.661. The minimum Gasteiger partial charge on any atom is -0.201 e. The number of nitrogens with zero attached hydrogens (tertiary/aromatic N) is 4. The van der Waals surface area contributed by atoms with E-state index >= 15 is 0 Å². The maximum Gasteiger partial charge on any atom is 0.212 e. The van der Waals surface area contributed by atoms with Crippen molar-refractivity contribution in [2.45, 2.75) is 121 Å². The van der Waals surface area contributed by atoms with Gasteiger partial charge in [0.1, 0.15) is 28.2 Å². The van der Waals surface area contributed by atoms with E-state index < -0.39 is 26.4 Å². The summed E-state index contributed by atoms with van der Waals surface area (Å²) in [4.78, 5) is 0. The maximum absolute atomic E-state index is 7.88. The molecule has 4 nitrogen and oxygen atoms in total. The Balaban J connectivity index is 0.000000184. The van der Waals surface area contributed by atoms with Crippen molar-refractivity contribution in [3.05, 3.63) is 238 Å². The predicted octanol–water partition coefficient (Wildman–Crippen LogP) is 16.0. The molecule has 4 heterocycles. The number of rotatable bonds is 10. The Labute approximate surface area is 473 Å². The molecular formula is C72H88N4+4. The Morgan fingerprint density at radius 1 is 0.395 bits per heavy atom. The normalized spacial score (nSPS) is 13.6. The van der Waals surface area contributed by atoms with Crippen LogP contribution in [0.1, 0.15) is 122 Å². The van der Waals surface area contributed by atoms with E-state index in [-0.39, 0.29) is 5.41 Å². The van der Waals surface area contributed by atoms with Crippen molar-refractivity contribution in [2.24, 2.45) is 28.2 Å². The second kappa shape index (κ2) is 26.5. The Hall–Kier alpha value is -7.30. The van der Waals surface area contributed by atoms with Gasteiger partial charge in [-0.2, -0.15) is 0 Å². The molecule has 0 aliphatic heterocycles. The van der Waals surface area contributed by atoms with Gasteiger partial charge in [-0.05, 0) is 162 Å². The summed E-state index contributed by atoms with van der Waals surface area (Å²) in [6.07, 6.45) is 7.61. The lowest BCUT2D eigenvalue weighted by atomic mass is 9.78. The molecular weight excluding hydrogens is 921 g/mol. The fraction of sp³-hybridized carbons (Fsp3) is 0.306. The molecule has 4 heteroatoms. The first-order chi connectivity index (χ1) is 40.1. The molecule has 0 aliphatic carbocycles. The van der Waals surface area contributed by atoms with Gasteiger partial charge in [-0.1, -0.05) is 137 Å². The van der Waals surface area contributed by atoms with Crippen LogP contribution in [-0.4, -0.2) is 0 Å². The number of aryl methyl sites for hydroxylation is 14. The van der Waals surface area contributed by atoms with Gasteiger partial charge in [0.2, 0.25) is 22.8 Å². The summed E-state index contributed by atoms with van der Waals surface area (Å²) in [5, 5.41) is 0. The molecule has 0 aliphatic rings. The van der Waals surface area contributed by atoms with E-state index in [4.69, 9.17) is 13.7 Å². The van der Waals surface area contributed by atoms with Gasteiger partial charge in [0.15, 0.2) is 24.8 Å². The molecule has 0 bridgehead atoms. The highest BCUT2D eigenvalue weighted by Crippen LogP contribution is 2.32. The minimum atomic E-state index is -2.10. The standard InChI is InChI=1S/C20H20N.C20H28N.2C16H20N/c1-15-9-7-8-12-18(15)20-13-16(2)19(14-21(20)3)17-10-5-4-6-11-17;1-7-20(5,8-2)17-10-12-19(21(6)14-17)18-11-9-15(3)13-16(18)4;1-5-14-7-9-16(17(4)11-14)15-8-6-12(2)10-13(15)3;1-5-14-11-17(4)16(10-13(14)3)15-9-7-6-8-12(15)2/h4-14H,1-3H3;9-14H,7-8H2,1-6H3;2*6-11H,5H2,1-4H3/q4*+1/i;3D3;2D3,5D2;5D2. The molecule has 0 spiro atoms. The highest BCUT2D eigenvalue weighted by Gasteiger charge is 2.26. The smallest absolute Gasteiger partial charge is 0.201 e. The zero-order chi connectivity index (χ0) is 63.9. The zero-order valence-corrected chi connectivity index (χ0v) is 47.9. The summed E-state index contributed by atoms with van der Waals surface area (Å²) in [7, 11) is 8.01. The fourth-order valence-electron chi connectivity index (χ4n) is 9.78. The van der Waals surface area contributed by atoms with Crippen LogP contribution < -0.4 is 18.3 Å². The van der Waals surface area contributed by atoms with Gasteiger partial charge in [0.05, 0.1) is 0 Å². The van der Waals surface area contributed by atoms with Crippen LogP contribution in [0, 0.1) is 55.2 Å². The predicted molar refractivity (Wildman–Crippen MR) is 322 cm³/mol. The molecule has 0 radical (unpaired) electrons. The molecule has 4 aromatic heterocycles. The third-order valence-electron chi connectivity index (χ3n) is 15.0.